The molecule has 0 bridgehead atoms. The molecule has 1 atom stereocenters. The third-order valence-corrected chi connectivity index (χ3v) is 12.5. The van der Waals surface area contributed by atoms with Crippen molar-refractivity contribution in [2.45, 2.75) is 11.5 Å². The van der Waals surface area contributed by atoms with Crippen molar-refractivity contribution in [2.24, 2.45) is 0 Å². The molecule has 4 heterocycles. The Morgan fingerprint density at radius 2 is 1.00 bits per heavy atom. The molecule has 59 heavy (non-hydrogen) atoms. The first kappa shape index (κ1) is 33.4. The van der Waals surface area contributed by atoms with E-state index in [1.807, 2.05) is 24.5 Å². The van der Waals surface area contributed by atoms with E-state index in [0.717, 1.165) is 66.3 Å². The number of nitrogens with zero attached hydrogens (tertiary/aromatic N) is 3. The molecule has 0 spiro atoms. The lowest BCUT2D eigenvalue weighted by Gasteiger charge is -2.34. The lowest BCUT2D eigenvalue weighted by Crippen LogP contribution is -2.28. The smallest absolute Gasteiger partial charge is 0.0972 e. The number of nitrogens with one attached hydrogen (secondary N) is 1. The highest BCUT2D eigenvalue weighted by molar-refractivity contribution is 6.03. The number of anilines is 1. The van der Waals surface area contributed by atoms with Gasteiger partial charge < -0.3 is 5.32 Å². The molecule has 2 aliphatic rings. The molecule has 1 N–H and O–H groups in total. The van der Waals surface area contributed by atoms with E-state index in [4.69, 9.17) is 15.0 Å². The van der Waals surface area contributed by atoms with Crippen LogP contribution in [0.25, 0.3) is 72.3 Å². The number of rotatable bonds is 5. The summed E-state index contributed by atoms with van der Waals surface area (Å²) in [4.78, 5) is 14.7. The molecule has 0 saturated carbocycles. The Kier molecular flexibility index (Phi) is 7.48. The highest BCUT2D eigenvalue weighted by atomic mass is 14.9. The second-order valence-electron chi connectivity index (χ2n) is 15.6. The minimum Gasteiger partial charge on any atom is -0.372 e. The molecule has 3 aromatic heterocycles. The van der Waals surface area contributed by atoms with Crippen LogP contribution >= 0.6 is 0 Å². The number of pyridine rings is 3. The van der Waals surface area contributed by atoms with Gasteiger partial charge in [0.15, 0.2) is 0 Å². The molecular formula is C55H36N4. The van der Waals surface area contributed by atoms with Gasteiger partial charge in [-0.3, -0.25) is 9.97 Å². The molecule has 10 aromatic rings. The maximum absolute atomic E-state index is 5.23. The predicted molar refractivity (Wildman–Crippen MR) is 242 cm³/mol. The fourth-order valence-electron chi connectivity index (χ4n) is 9.75. The number of hydrogen-bond acceptors (Lipinski definition) is 4. The van der Waals surface area contributed by atoms with E-state index in [0.29, 0.717) is 0 Å². The minimum absolute atomic E-state index is 0.0229. The van der Waals surface area contributed by atoms with Crippen LogP contribution in [0.2, 0.25) is 0 Å². The lowest BCUT2D eigenvalue weighted by molar-refractivity contribution is 0.767. The Morgan fingerprint density at radius 3 is 1.71 bits per heavy atom. The summed E-state index contributed by atoms with van der Waals surface area (Å²) >= 11 is 0. The Hall–Kier alpha value is -7.69. The van der Waals surface area contributed by atoms with Crippen molar-refractivity contribution >= 4 is 44.5 Å². The molecule has 0 amide bonds. The zero-order valence-electron chi connectivity index (χ0n) is 32.0. The standard InChI is InChI=1S/C55H36N4/c1-2-14-46(50-32-26-40-20-18-38-10-8-34-57-52(38)54(40)59-50)43(11-1)35-21-27-41(28-22-35)55(47-15-5-3-12-44(47)45-13-4-6-16-48(45)55)42-29-23-36(24-30-42)49-31-25-39-19-17-37-9-7-33-56-51(37)53(39)58-49/h1-34,49,58H. The van der Waals surface area contributed by atoms with Crippen molar-refractivity contribution in [3.63, 3.8) is 0 Å². The SMILES string of the molecule is C1=CC(c2ccc(C3(c4ccc(-c5ccccc5-c5ccc6ccc7cccnc7c6n5)cc4)c4ccccc4-c4ccccc43)cc2)Nc2c1ccc1cccnc21. The van der Waals surface area contributed by atoms with Crippen molar-refractivity contribution in [3.8, 4) is 33.5 Å². The fourth-order valence-corrected chi connectivity index (χ4v) is 9.75. The van der Waals surface area contributed by atoms with Gasteiger partial charge in [-0.25, -0.2) is 4.98 Å². The van der Waals surface area contributed by atoms with Crippen molar-refractivity contribution in [1.29, 1.82) is 0 Å². The van der Waals surface area contributed by atoms with Gasteiger partial charge in [0.05, 0.1) is 39.4 Å². The van der Waals surface area contributed by atoms with Gasteiger partial charge in [0.25, 0.3) is 0 Å². The largest absolute Gasteiger partial charge is 0.372 e. The zero-order chi connectivity index (χ0) is 38.9. The Labute approximate surface area is 342 Å². The summed E-state index contributed by atoms with van der Waals surface area (Å²) in [5, 5.41) is 7.12. The quantitative estimate of drug-likeness (QED) is 0.178. The van der Waals surface area contributed by atoms with Crippen molar-refractivity contribution < 1.29 is 0 Å². The number of benzene rings is 7. The van der Waals surface area contributed by atoms with Crippen LogP contribution < -0.4 is 5.32 Å². The Morgan fingerprint density at radius 1 is 0.441 bits per heavy atom. The Balaban J connectivity index is 0.966. The summed E-state index contributed by atoms with van der Waals surface area (Å²) in [6, 6.07) is 66.1. The third kappa shape index (κ3) is 5.13. The van der Waals surface area contributed by atoms with Crippen molar-refractivity contribution in [1.82, 2.24) is 15.0 Å². The van der Waals surface area contributed by atoms with E-state index in [1.54, 1.807) is 0 Å². The topological polar surface area (TPSA) is 50.7 Å². The number of aromatic nitrogens is 3. The van der Waals surface area contributed by atoms with Crippen molar-refractivity contribution in [2.75, 3.05) is 5.32 Å². The second-order valence-corrected chi connectivity index (χ2v) is 15.6. The van der Waals surface area contributed by atoms with E-state index in [2.05, 4.69) is 187 Å². The predicted octanol–water partition coefficient (Wildman–Crippen LogP) is 13.2. The molecule has 4 nitrogen and oxygen atoms in total. The molecular weight excluding hydrogens is 717 g/mol. The normalized spacial score (nSPS) is 14.8. The summed E-state index contributed by atoms with van der Waals surface area (Å²) in [6.07, 6.45) is 8.19. The van der Waals surface area contributed by atoms with Gasteiger partial charge in [-0.2, -0.15) is 0 Å². The molecule has 4 heteroatoms. The Bertz CT molecular complexity index is 3260. The van der Waals surface area contributed by atoms with E-state index in [1.165, 1.54) is 38.9 Å². The van der Waals surface area contributed by atoms with Crippen LogP contribution in [0.5, 0.6) is 0 Å². The molecule has 1 aliphatic carbocycles. The van der Waals surface area contributed by atoms with Crippen LogP contribution in [0.3, 0.4) is 0 Å². The van der Waals surface area contributed by atoms with E-state index >= 15 is 0 Å². The first-order chi connectivity index (χ1) is 29.2. The highest BCUT2D eigenvalue weighted by Gasteiger charge is 2.46. The average Bonchev–Trinajstić information content (AvgIpc) is 3.62. The lowest BCUT2D eigenvalue weighted by atomic mass is 9.67. The summed E-state index contributed by atoms with van der Waals surface area (Å²) < 4.78 is 0. The van der Waals surface area contributed by atoms with Crippen LogP contribution in [0, 0.1) is 0 Å². The van der Waals surface area contributed by atoms with E-state index in [9.17, 15) is 0 Å². The van der Waals surface area contributed by atoms with E-state index in [-0.39, 0.29) is 6.04 Å². The molecule has 1 unspecified atom stereocenters. The van der Waals surface area contributed by atoms with Crippen LogP contribution in [0.1, 0.15) is 39.4 Å². The third-order valence-electron chi connectivity index (χ3n) is 12.5. The summed E-state index contributed by atoms with van der Waals surface area (Å²) in [5.41, 5.74) is 17.7. The van der Waals surface area contributed by atoms with Crippen molar-refractivity contribution in [3.05, 3.63) is 234 Å². The van der Waals surface area contributed by atoms with Crippen LogP contribution in [0.15, 0.2) is 200 Å². The maximum atomic E-state index is 5.23. The minimum atomic E-state index is -0.514. The van der Waals surface area contributed by atoms with Crippen LogP contribution in [-0.2, 0) is 5.41 Å². The molecule has 1 aliphatic heterocycles. The monoisotopic (exact) mass is 752 g/mol. The summed E-state index contributed by atoms with van der Waals surface area (Å²) in [7, 11) is 0. The molecule has 12 rings (SSSR count). The van der Waals surface area contributed by atoms with Crippen LogP contribution in [0.4, 0.5) is 5.69 Å². The van der Waals surface area contributed by atoms with Gasteiger partial charge in [0.2, 0.25) is 0 Å². The molecule has 0 fully saturated rings. The zero-order valence-corrected chi connectivity index (χ0v) is 32.0. The highest BCUT2D eigenvalue weighted by Crippen LogP contribution is 2.56. The number of hydrogen-bond donors (Lipinski definition) is 1. The van der Waals surface area contributed by atoms with Gasteiger partial charge in [0, 0.05) is 34.1 Å². The van der Waals surface area contributed by atoms with Gasteiger partial charge in [0.1, 0.15) is 0 Å². The number of fused-ring (bicyclic) bond motifs is 9. The molecule has 0 saturated heterocycles. The average molecular weight is 753 g/mol. The van der Waals surface area contributed by atoms with E-state index < -0.39 is 5.41 Å². The van der Waals surface area contributed by atoms with Gasteiger partial charge in [-0.1, -0.05) is 176 Å². The first-order valence-corrected chi connectivity index (χ1v) is 20.2. The first-order valence-electron chi connectivity index (χ1n) is 20.2. The molecule has 276 valence electrons. The molecule has 7 aromatic carbocycles. The maximum Gasteiger partial charge on any atom is 0.0972 e. The molecule has 0 radical (unpaired) electrons. The van der Waals surface area contributed by atoms with Crippen LogP contribution in [-0.4, -0.2) is 15.0 Å². The van der Waals surface area contributed by atoms with Gasteiger partial charge in [-0.15, -0.1) is 0 Å². The van der Waals surface area contributed by atoms with Gasteiger partial charge in [-0.05, 0) is 73.8 Å². The second kappa shape index (κ2) is 13.2. The fraction of sp³-hybridized carbons (Fsp3) is 0.0364. The summed E-state index contributed by atoms with van der Waals surface area (Å²) in [5.74, 6) is 0. The summed E-state index contributed by atoms with van der Waals surface area (Å²) in [6.45, 7) is 0. The van der Waals surface area contributed by atoms with Gasteiger partial charge >= 0.3 is 0 Å².